The third-order valence-corrected chi connectivity index (χ3v) is 5.65. The summed E-state index contributed by atoms with van der Waals surface area (Å²) in [6, 6.07) is 7.30. The lowest BCUT2D eigenvalue weighted by molar-refractivity contribution is -0.130. The van der Waals surface area contributed by atoms with Crippen molar-refractivity contribution < 1.29 is 4.79 Å². The summed E-state index contributed by atoms with van der Waals surface area (Å²) in [7, 11) is 0. The first-order valence-electron chi connectivity index (χ1n) is 9.00. The maximum atomic E-state index is 12.7. The van der Waals surface area contributed by atoms with Gasteiger partial charge in [-0.15, -0.1) is 6.58 Å². The number of para-hydroxylation sites is 1. The number of allylic oxidation sites excluding steroid dienone is 1. The summed E-state index contributed by atoms with van der Waals surface area (Å²) in [6.07, 6.45) is 2.85. The molecule has 1 saturated heterocycles. The molecule has 2 aromatic rings. The molecule has 1 fully saturated rings. The number of carbonyl (C=O) groups excluding carboxylic acids is 1. The fourth-order valence-electron chi connectivity index (χ4n) is 3.63. The Bertz CT molecular complexity index is 867. The summed E-state index contributed by atoms with van der Waals surface area (Å²) >= 11 is 1.33. The first kappa shape index (κ1) is 18.7. The average Bonchev–Trinajstić information content (AvgIpc) is 2.61. The molecule has 1 amide bonds. The standard InChI is InChI=1S/C20H25N3O2S/c1-4-9-23-19(25)16-7-5-6-8-17(16)21-20(23)26-13-18(24)22-11-14(2)10-15(3)12-22/h4-8,14-15H,1,9-13H2,2-3H3/t14-,15+. The van der Waals surface area contributed by atoms with Crippen molar-refractivity contribution in [1.29, 1.82) is 0 Å². The van der Waals surface area contributed by atoms with Crippen molar-refractivity contribution in [1.82, 2.24) is 14.5 Å². The smallest absolute Gasteiger partial charge is 0.262 e. The summed E-state index contributed by atoms with van der Waals surface area (Å²) < 4.78 is 1.59. The summed E-state index contributed by atoms with van der Waals surface area (Å²) in [5, 5.41) is 1.16. The lowest BCUT2D eigenvalue weighted by atomic mass is 9.92. The van der Waals surface area contributed by atoms with E-state index in [1.165, 1.54) is 18.2 Å². The van der Waals surface area contributed by atoms with Crippen molar-refractivity contribution in [2.75, 3.05) is 18.8 Å². The number of hydrogen-bond acceptors (Lipinski definition) is 4. The minimum Gasteiger partial charge on any atom is -0.341 e. The number of nitrogens with zero attached hydrogens (tertiary/aromatic N) is 3. The van der Waals surface area contributed by atoms with E-state index < -0.39 is 0 Å². The van der Waals surface area contributed by atoms with E-state index in [0.29, 0.717) is 40.2 Å². The van der Waals surface area contributed by atoms with Crippen LogP contribution < -0.4 is 5.56 Å². The van der Waals surface area contributed by atoms with Crippen molar-refractivity contribution in [2.45, 2.75) is 32.0 Å². The number of likely N-dealkylation sites (tertiary alicyclic amines) is 1. The van der Waals surface area contributed by atoms with Gasteiger partial charge in [-0.1, -0.05) is 43.8 Å². The Morgan fingerprint density at radius 3 is 2.69 bits per heavy atom. The van der Waals surface area contributed by atoms with Crippen LogP contribution >= 0.6 is 11.8 Å². The molecule has 138 valence electrons. The minimum atomic E-state index is -0.0920. The minimum absolute atomic E-state index is 0.0920. The first-order chi connectivity index (χ1) is 12.5. The molecule has 0 aliphatic carbocycles. The van der Waals surface area contributed by atoms with Gasteiger partial charge in [0.05, 0.1) is 16.7 Å². The number of fused-ring (bicyclic) bond motifs is 1. The van der Waals surface area contributed by atoms with Gasteiger partial charge >= 0.3 is 0 Å². The quantitative estimate of drug-likeness (QED) is 0.460. The first-order valence-corrected chi connectivity index (χ1v) is 9.99. The van der Waals surface area contributed by atoms with Crippen LogP contribution in [-0.2, 0) is 11.3 Å². The summed E-state index contributed by atoms with van der Waals surface area (Å²) in [6.45, 7) is 10.1. The SMILES string of the molecule is C=CCn1c(SCC(=O)N2C[C@H](C)C[C@H](C)C2)nc2ccccc2c1=O. The van der Waals surface area contributed by atoms with Crippen LogP contribution in [0.15, 0.2) is 46.9 Å². The molecule has 1 aliphatic rings. The zero-order valence-electron chi connectivity index (χ0n) is 15.4. The van der Waals surface area contributed by atoms with Gasteiger partial charge in [0.25, 0.3) is 5.56 Å². The third kappa shape index (κ3) is 4.01. The van der Waals surface area contributed by atoms with Crippen LogP contribution in [0.1, 0.15) is 20.3 Å². The van der Waals surface area contributed by atoms with Gasteiger partial charge in [0.1, 0.15) is 0 Å². The Balaban J connectivity index is 1.81. The Labute approximate surface area is 158 Å². The van der Waals surface area contributed by atoms with Crippen molar-refractivity contribution in [3.8, 4) is 0 Å². The summed E-state index contributed by atoms with van der Waals surface area (Å²) in [5.41, 5.74) is 0.568. The van der Waals surface area contributed by atoms with Gasteiger partial charge in [-0.05, 0) is 30.4 Å². The van der Waals surface area contributed by atoms with E-state index in [2.05, 4.69) is 25.4 Å². The van der Waals surface area contributed by atoms with E-state index >= 15 is 0 Å². The highest BCUT2D eigenvalue weighted by atomic mass is 32.2. The normalized spacial score (nSPS) is 20.3. The second kappa shape index (κ2) is 8.08. The predicted molar refractivity (Wildman–Crippen MR) is 106 cm³/mol. The number of rotatable bonds is 5. The Hall–Kier alpha value is -2.08. The molecular weight excluding hydrogens is 346 g/mol. The molecule has 1 aromatic heterocycles. The van der Waals surface area contributed by atoms with Crippen molar-refractivity contribution in [2.24, 2.45) is 11.8 Å². The third-order valence-electron chi connectivity index (χ3n) is 4.68. The van der Waals surface area contributed by atoms with Crippen LogP contribution in [0.2, 0.25) is 0 Å². The van der Waals surface area contributed by atoms with Crippen LogP contribution in [0, 0.1) is 11.8 Å². The molecule has 0 spiro atoms. The maximum absolute atomic E-state index is 12.7. The molecule has 1 aliphatic heterocycles. The predicted octanol–water partition coefficient (Wildman–Crippen LogP) is 3.18. The highest BCUT2D eigenvalue weighted by Gasteiger charge is 2.25. The van der Waals surface area contributed by atoms with Crippen LogP contribution in [-0.4, -0.2) is 39.2 Å². The molecule has 2 atom stereocenters. The molecule has 26 heavy (non-hydrogen) atoms. The molecule has 3 rings (SSSR count). The molecule has 0 radical (unpaired) electrons. The zero-order valence-corrected chi connectivity index (χ0v) is 16.2. The van der Waals surface area contributed by atoms with Gasteiger partial charge < -0.3 is 4.90 Å². The molecular formula is C20H25N3O2S. The van der Waals surface area contributed by atoms with Gasteiger partial charge in [0.15, 0.2) is 5.16 Å². The average molecular weight is 372 g/mol. The molecule has 0 N–H and O–H groups in total. The number of hydrogen-bond donors (Lipinski definition) is 0. The van der Waals surface area contributed by atoms with Gasteiger partial charge in [-0.2, -0.15) is 0 Å². The monoisotopic (exact) mass is 371 g/mol. The van der Waals surface area contributed by atoms with Gasteiger partial charge in [-0.25, -0.2) is 4.98 Å². The molecule has 0 bridgehead atoms. The van der Waals surface area contributed by atoms with Crippen molar-refractivity contribution in [3.05, 3.63) is 47.3 Å². The lowest BCUT2D eigenvalue weighted by Crippen LogP contribution is -2.43. The topological polar surface area (TPSA) is 55.2 Å². The van der Waals surface area contributed by atoms with Gasteiger partial charge in [-0.3, -0.25) is 14.2 Å². The Morgan fingerprint density at radius 1 is 1.31 bits per heavy atom. The molecule has 1 aromatic carbocycles. The fourth-order valence-corrected chi connectivity index (χ4v) is 4.54. The van der Waals surface area contributed by atoms with Gasteiger partial charge in [0.2, 0.25) is 5.91 Å². The Morgan fingerprint density at radius 2 is 2.00 bits per heavy atom. The summed E-state index contributed by atoms with van der Waals surface area (Å²) in [5.74, 6) is 1.47. The van der Waals surface area contributed by atoms with Crippen LogP contribution in [0.4, 0.5) is 0 Å². The van der Waals surface area contributed by atoms with Crippen molar-refractivity contribution in [3.63, 3.8) is 0 Å². The lowest BCUT2D eigenvalue weighted by Gasteiger charge is -2.35. The molecule has 0 unspecified atom stereocenters. The molecule has 2 heterocycles. The van der Waals surface area contributed by atoms with E-state index in [9.17, 15) is 9.59 Å². The summed E-state index contributed by atoms with van der Waals surface area (Å²) in [4.78, 5) is 31.9. The second-order valence-corrected chi connectivity index (χ2v) is 8.09. The maximum Gasteiger partial charge on any atom is 0.262 e. The molecule has 5 nitrogen and oxygen atoms in total. The van der Waals surface area contributed by atoms with Crippen LogP contribution in [0.25, 0.3) is 10.9 Å². The van der Waals surface area contributed by atoms with Crippen molar-refractivity contribution >= 4 is 28.6 Å². The number of amides is 1. The molecule has 0 saturated carbocycles. The highest BCUT2D eigenvalue weighted by Crippen LogP contribution is 2.23. The van der Waals surface area contributed by atoms with E-state index in [4.69, 9.17) is 0 Å². The van der Waals surface area contributed by atoms with Crippen LogP contribution in [0.5, 0.6) is 0 Å². The van der Waals surface area contributed by atoms with Gasteiger partial charge in [0, 0.05) is 19.6 Å². The largest absolute Gasteiger partial charge is 0.341 e. The number of thioether (sulfide) groups is 1. The van der Waals surface area contributed by atoms with E-state index in [-0.39, 0.29) is 11.5 Å². The number of aromatic nitrogens is 2. The number of carbonyl (C=O) groups is 1. The fraction of sp³-hybridized carbons (Fsp3) is 0.450. The van der Waals surface area contributed by atoms with E-state index in [0.717, 1.165) is 13.1 Å². The molecule has 6 heteroatoms. The number of benzene rings is 1. The second-order valence-electron chi connectivity index (χ2n) is 7.15. The number of piperidine rings is 1. The van der Waals surface area contributed by atoms with E-state index in [1.54, 1.807) is 16.7 Å². The van der Waals surface area contributed by atoms with E-state index in [1.807, 2.05) is 23.1 Å². The van der Waals surface area contributed by atoms with Crippen LogP contribution in [0.3, 0.4) is 0 Å². The Kier molecular flexibility index (Phi) is 5.81. The highest BCUT2D eigenvalue weighted by molar-refractivity contribution is 7.99. The zero-order chi connectivity index (χ0) is 18.7.